The fourth-order valence-corrected chi connectivity index (χ4v) is 2.71. The molecule has 6 heteroatoms. The number of halogens is 2. The molecule has 0 atom stereocenters. The molecule has 0 aliphatic carbocycles. The lowest BCUT2D eigenvalue weighted by Crippen LogP contribution is -2.13. The van der Waals surface area contributed by atoms with E-state index in [4.69, 9.17) is 21.1 Å². The molecule has 0 saturated carbocycles. The third-order valence-corrected chi connectivity index (χ3v) is 4.16. The quantitative estimate of drug-likeness (QED) is 0.624. The lowest BCUT2D eigenvalue weighted by atomic mass is 10.1. The van der Waals surface area contributed by atoms with E-state index in [-0.39, 0.29) is 12.5 Å². The minimum atomic E-state index is -0.420. The Hall–Kier alpha value is -3.05. The van der Waals surface area contributed by atoms with Crippen molar-refractivity contribution in [3.05, 3.63) is 88.7 Å². The minimum absolute atomic E-state index is 0.175. The fraction of sp³-hybridized carbons (Fsp3) is 0.0952. The summed E-state index contributed by atoms with van der Waals surface area (Å²) in [6.45, 7) is 0.175. The van der Waals surface area contributed by atoms with E-state index < -0.39 is 5.82 Å². The van der Waals surface area contributed by atoms with Crippen LogP contribution < -0.4 is 14.8 Å². The molecule has 138 valence electrons. The Bertz CT molecular complexity index is 962. The van der Waals surface area contributed by atoms with Crippen LogP contribution in [0.25, 0.3) is 0 Å². The first kappa shape index (κ1) is 18.7. The Morgan fingerprint density at radius 1 is 1.04 bits per heavy atom. The third-order valence-electron chi connectivity index (χ3n) is 3.84. The molecule has 3 aromatic rings. The molecule has 0 saturated heterocycles. The summed E-state index contributed by atoms with van der Waals surface area (Å²) in [5, 5.41) is 3.16. The molecule has 0 fully saturated rings. The van der Waals surface area contributed by atoms with Crippen LogP contribution in [-0.2, 0) is 6.61 Å². The Morgan fingerprint density at radius 2 is 1.85 bits per heavy atom. The first-order chi connectivity index (χ1) is 13.1. The number of hydrogen-bond acceptors (Lipinski definition) is 3. The van der Waals surface area contributed by atoms with E-state index in [9.17, 15) is 9.18 Å². The second-order valence-corrected chi connectivity index (χ2v) is 6.12. The van der Waals surface area contributed by atoms with Gasteiger partial charge in [-0.05, 0) is 48.5 Å². The molecule has 3 rings (SSSR count). The molecular weight excluding hydrogens is 369 g/mol. The summed E-state index contributed by atoms with van der Waals surface area (Å²) >= 11 is 6.10. The number of nitrogens with one attached hydrogen (secondary N) is 1. The first-order valence-corrected chi connectivity index (χ1v) is 8.56. The Morgan fingerprint density at radius 3 is 2.59 bits per heavy atom. The van der Waals surface area contributed by atoms with Gasteiger partial charge in [0.15, 0.2) is 0 Å². The van der Waals surface area contributed by atoms with Gasteiger partial charge < -0.3 is 14.8 Å². The fourth-order valence-electron chi connectivity index (χ4n) is 2.52. The summed E-state index contributed by atoms with van der Waals surface area (Å²) in [5.41, 5.74) is 1.46. The molecule has 0 radical (unpaired) electrons. The maximum Gasteiger partial charge on any atom is 0.255 e. The smallest absolute Gasteiger partial charge is 0.255 e. The average Bonchev–Trinajstić information content (AvgIpc) is 2.67. The number of carbonyl (C=O) groups excluding carboxylic acids is 1. The number of carbonyl (C=O) groups is 1. The zero-order valence-corrected chi connectivity index (χ0v) is 15.3. The molecule has 4 nitrogen and oxygen atoms in total. The summed E-state index contributed by atoms with van der Waals surface area (Å²) in [5.74, 6) is 0.346. The zero-order chi connectivity index (χ0) is 19.2. The van der Waals surface area contributed by atoms with Gasteiger partial charge in [-0.25, -0.2) is 4.39 Å². The highest BCUT2D eigenvalue weighted by Crippen LogP contribution is 2.27. The molecule has 0 spiro atoms. The Kier molecular flexibility index (Phi) is 5.94. The van der Waals surface area contributed by atoms with Crippen molar-refractivity contribution in [1.82, 2.24) is 0 Å². The SMILES string of the molecule is COc1ccc(C(=O)Nc2cccc(F)c2)cc1COc1ccccc1Cl. The van der Waals surface area contributed by atoms with Crippen LogP contribution in [0.15, 0.2) is 66.7 Å². The Balaban J connectivity index is 1.78. The molecule has 0 aromatic heterocycles. The topological polar surface area (TPSA) is 47.6 Å². The van der Waals surface area contributed by atoms with Crippen LogP contribution >= 0.6 is 11.6 Å². The maximum absolute atomic E-state index is 13.3. The summed E-state index contributed by atoms with van der Waals surface area (Å²) in [6, 6.07) is 17.8. The lowest BCUT2D eigenvalue weighted by Gasteiger charge is -2.13. The van der Waals surface area contributed by atoms with Gasteiger partial charge in [0, 0.05) is 16.8 Å². The van der Waals surface area contributed by atoms with Crippen LogP contribution in [0.3, 0.4) is 0 Å². The highest BCUT2D eigenvalue weighted by molar-refractivity contribution is 6.32. The van der Waals surface area contributed by atoms with Gasteiger partial charge >= 0.3 is 0 Å². The van der Waals surface area contributed by atoms with E-state index in [1.165, 1.54) is 18.2 Å². The molecule has 0 heterocycles. The van der Waals surface area contributed by atoms with Crippen LogP contribution in [0.1, 0.15) is 15.9 Å². The summed E-state index contributed by atoms with van der Waals surface area (Å²) < 4.78 is 24.4. The number of amides is 1. The molecule has 1 amide bonds. The van der Waals surface area contributed by atoms with E-state index in [1.54, 1.807) is 43.5 Å². The molecular formula is C21H17ClFNO3. The van der Waals surface area contributed by atoms with E-state index in [1.807, 2.05) is 12.1 Å². The predicted octanol–water partition coefficient (Wildman–Crippen LogP) is 5.32. The second kappa shape index (κ2) is 8.56. The highest BCUT2D eigenvalue weighted by atomic mass is 35.5. The average molecular weight is 386 g/mol. The van der Waals surface area contributed by atoms with Crippen LogP contribution in [0.4, 0.5) is 10.1 Å². The van der Waals surface area contributed by atoms with Crippen molar-refractivity contribution in [3.63, 3.8) is 0 Å². The maximum atomic E-state index is 13.3. The van der Waals surface area contributed by atoms with Crippen LogP contribution in [-0.4, -0.2) is 13.0 Å². The number of ether oxygens (including phenoxy) is 2. The van der Waals surface area contributed by atoms with Crippen LogP contribution in [0, 0.1) is 5.82 Å². The van der Waals surface area contributed by atoms with Gasteiger partial charge in [0.05, 0.1) is 12.1 Å². The minimum Gasteiger partial charge on any atom is -0.496 e. The van der Waals surface area contributed by atoms with Gasteiger partial charge in [0.1, 0.15) is 23.9 Å². The third kappa shape index (κ3) is 4.77. The number of anilines is 1. The summed E-state index contributed by atoms with van der Waals surface area (Å²) in [6.07, 6.45) is 0. The van der Waals surface area contributed by atoms with E-state index in [0.717, 1.165) is 0 Å². The summed E-state index contributed by atoms with van der Waals surface area (Å²) in [4.78, 5) is 12.5. The number of benzene rings is 3. The van der Waals surface area contributed by atoms with E-state index >= 15 is 0 Å². The number of rotatable bonds is 6. The van der Waals surface area contributed by atoms with Crippen molar-refractivity contribution >= 4 is 23.2 Å². The Labute approximate surface area is 161 Å². The van der Waals surface area contributed by atoms with Gasteiger partial charge in [-0.15, -0.1) is 0 Å². The van der Waals surface area contributed by atoms with Crippen molar-refractivity contribution in [2.75, 3.05) is 12.4 Å². The number of methoxy groups -OCH3 is 1. The van der Waals surface area contributed by atoms with Crippen LogP contribution in [0.2, 0.25) is 5.02 Å². The predicted molar refractivity (Wildman–Crippen MR) is 103 cm³/mol. The standard InChI is InChI=1S/C21H17ClFNO3/c1-26-19-10-9-14(21(25)24-17-6-4-5-16(23)12-17)11-15(19)13-27-20-8-3-2-7-18(20)22/h2-12H,13H2,1H3,(H,24,25). The van der Waals surface area contributed by atoms with Gasteiger partial charge in [0.25, 0.3) is 5.91 Å². The second-order valence-electron chi connectivity index (χ2n) is 5.71. The molecule has 0 unspecified atom stereocenters. The number of hydrogen-bond donors (Lipinski definition) is 1. The van der Waals surface area contributed by atoms with Crippen molar-refractivity contribution in [3.8, 4) is 11.5 Å². The van der Waals surface area contributed by atoms with Crippen molar-refractivity contribution < 1.29 is 18.7 Å². The van der Waals surface area contributed by atoms with E-state index in [0.29, 0.717) is 33.3 Å². The molecule has 27 heavy (non-hydrogen) atoms. The van der Waals surface area contributed by atoms with Gasteiger partial charge in [0.2, 0.25) is 0 Å². The molecule has 0 bridgehead atoms. The molecule has 0 aliphatic rings. The van der Waals surface area contributed by atoms with Crippen molar-refractivity contribution in [2.24, 2.45) is 0 Å². The number of para-hydroxylation sites is 1. The summed E-state index contributed by atoms with van der Waals surface area (Å²) in [7, 11) is 1.54. The zero-order valence-electron chi connectivity index (χ0n) is 14.5. The highest BCUT2D eigenvalue weighted by Gasteiger charge is 2.12. The van der Waals surface area contributed by atoms with Crippen LogP contribution in [0.5, 0.6) is 11.5 Å². The van der Waals surface area contributed by atoms with Gasteiger partial charge in [-0.2, -0.15) is 0 Å². The monoisotopic (exact) mass is 385 g/mol. The normalized spacial score (nSPS) is 10.3. The molecule has 3 aromatic carbocycles. The lowest BCUT2D eigenvalue weighted by molar-refractivity contribution is 0.102. The molecule has 0 aliphatic heterocycles. The van der Waals surface area contributed by atoms with Crippen molar-refractivity contribution in [1.29, 1.82) is 0 Å². The van der Waals surface area contributed by atoms with Gasteiger partial charge in [-0.1, -0.05) is 29.8 Å². The van der Waals surface area contributed by atoms with Gasteiger partial charge in [-0.3, -0.25) is 4.79 Å². The molecule has 1 N–H and O–H groups in total. The van der Waals surface area contributed by atoms with Crippen molar-refractivity contribution in [2.45, 2.75) is 6.61 Å². The first-order valence-electron chi connectivity index (χ1n) is 8.18. The largest absolute Gasteiger partial charge is 0.496 e. The van der Waals surface area contributed by atoms with E-state index in [2.05, 4.69) is 5.32 Å².